The minimum Gasteiger partial charge on any atom is -0.484 e. The maximum atomic E-state index is 10.6. The van der Waals surface area contributed by atoms with Crippen LogP contribution in [-0.2, 0) is 4.79 Å². The number of anilines is 1. The van der Waals surface area contributed by atoms with Gasteiger partial charge in [-0.15, -0.1) is 0 Å². The number of primary amides is 1. The molecule has 0 bridgehead atoms. The molecule has 0 aromatic heterocycles. The molecule has 4 heteroatoms. The summed E-state index contributed by atoms with van der Waals surface area (Å²) in [5, 5.41) is 3.59. The van der Waals surface area contributed by atoms with Crippen LogP contribution in [0.5, 0.6) is 5.75 Å². The number of ether oxygens (including phenoxy) is 1. The van der Waals surface area contributed by atoms with Crippen molar-refractivity contribution in [2.45, 2.75) is 39.2 Å². The third-order valence-corrected chi connectivity index (χ3v) is 3.78. The first kappa shape index (κ1) is 14.7. The summed E-state index contributed by atoms with van der Waals surface area (Å²) in [5.41, 5.74) is 6.14. The lowest BCUT2D eigenvalue weighted by atomic mass is 9.80. The van der Waals surface area contributed by atoms with Crippen molar-refractivity contribution in [1.82, 2.24) is 0 Å². The van der Waals surface area contributed by atoms with Crippen molar-refractivity contribution >= 4 is 11.6 Å². The predicted molar refractivity (Wildman–Crippen MR) is 80.7 cm³/mol. The summed E-state index contributed by atoms with van der Waals surface area (Å²) in [4.78, 5) is 10.6. The van der Waals surface area contributed by atoms with Gasteiger partial charge in [-0.3, -0.25) is 4.79 Å². The molecule has 0 saturated heterocycles. The van der Waals surface area contributed by atoms with E-state index < -0.39 is 5.91 Å². The Bertz CT molecular complexity index is 434. The van der Waals surface area contributed by atoms with Crippen molar-refractivity contribution in [2.24, 2.45) is 17.6 Å². The molecular formula is C16H24N2O2. The van der Waals surface area contributed by atoms with Crippen molar-refractivity contribution in [3.8, 4) is 5.75 Å². The first-order valence-corrected chi connectivity index (χ1v) is 7.30. The van der Waals surface area contributed by atoms with E-state index in [1.54, 1.807) is 0 Å². The predicted octanol–water partition coefficient (Wildman–Crippen LogP) is 2.79. The van der Waals surface area contributed by atoms with E-state index in [-0.39, 0.29) is 6.61 Å². The molecule has 1 aliphatic carbocycles. The molecule has 0 spiro atoms. The smallest absolute Gasteiger partial charge is 0.255 e. The van der Waals surface area contributed by atoms with Crippen LogP contribution in [0.4, 0.5) is 5.69 Å². The Hall–Kier alpha value is -1.71. The zero-order chi connectivity index (χ0) is 14.5. The number of carbonyl (C=O) groups excluding carboxylic acids is 1. The highest BCUT2D eigenvalue weighted by atomic mass is 16.5. The van der Waals surface area contributed by atoms with Crippen LogP contribution < -0.4 is 15.8 Å². The number of carbonyl (C=O) groups is 1. The second kappa shape index (κ2) is 6.64. The van der Waals surface area contributed by atoms with Gasteiger partial charge in [-0.2, -0.15) is 0 Å². The lowest BCUT2D eigenvalue weighted by molar-refractivity contribution is -0.119. The molecule has 0 radical (unpaired) electrons. The summed E-state index contributed by atoms with van der Waals surface area (Å²) in [7, 11) is 0. The van der Waals surface area contributed by atoms with E-state index in [4.69, 9.17) is 10.5 Å². The summed E-state index contributed by atoms with van der Waals surface area (Å²) in [6.45, 7) is 4.57. The Labute approximate surface area is 120 Å². The van der Waals surface area contributed by atoms with Gasteiger partial charge in [0, 0.05) is 11.7 Å². The van der Waals surface area contributed by atoms with Gasteiger partial charge in [0.1, 0.15) is 5.75 Å². The van der Waals surface area contributed by atoms with Crippen molar-refractivity contribution in [1.29, 1.82) is 0 Å². The van der Waals surface area contributed by atoms with Gasteiger partial charge in [0.25, 0.3) is 5.91 Å². The number of nitrogens with one attached hydrogen (secondary N) is 1. The third-order valence-electron chi connectivity index (χ3n) is 3.78. The van der Waals surface area contributed by atoms with Gasteiger partial charge in [-0.25, -0.2) is 0 Å². The Morgan fingerprint density at radius 1 is 1.20 bits per heavy atom. The number of benzene rings is 1. The molecule has 1 amide bonds. The van der Waals surface area contributed by atoms with E-state index in [1.165, 1.54) is 19.3 Å². The zero-order valence-electron chi connectivity index (χ0n) is 12.3. The van der Waals surface area contributed by atoms with Gasteiger partial charge in [0.05, 0.1) is 0 Å². The standard InChI is InChI=1S/C16H24N2O2/c1-11-7-12(2)9-14(8-11)18-13-3-5-15(6-4-13)20-10-16(17)19/h3-6,11-12,14,18H,7-10H2,1-2H3,(H2,17,19). The van der Waals surface area contributed by atoms with E-state index in [1.807, 2.05) is 24.3 Å². The minimum atomic E-state index is -0.461. The molecule has 1 aliphatic rings. The molecule has 1 fully saturated rings. The largest absolute Gasteiger partial charge is 0.484 e. The van der Waals surface area contributed by atoms with Gasteiger partial charge in [-0.05, 0) is 55.4 Å². The fourth-order valence-electron chi connectivity index (χ4n) is 3.10. The number of rotatable bonds is 5. The van der Waals surface area contributed by atoms with Crippen LogP contribution in [0.25, 0.3) is 0 Å². The van der Waals surface area contributed by atoms with Crippen molar-refractivity contribution in [3.05, 3.63) is 24.3 Å². The minimum absolute atomic E-state index is 0.0789. The summed E-state index contributed by atoms with van der Waals surface area (Å²) >= 11 is 0. The second-order valence-electron chi connectivity index (χ2n) is 6.04. The summed E-state index contributed by atoms with van der Waals surface area (Å²) in [6.07, 6.45) is 3.78. The van der Waals surface area contributed by atoms with E-state index in [2.05, 4.69) is 19.2 Å². The Morgan fingerprint density at radius 3 is 2.35 bits per heavy atom. The van der Waals surface area contributed by atoms with E-state index >= 15 is 0 Å². The van der Waals surface area contributed by atoms with Crippen molar-refractivity contribution in [2.75, 3.05) is 11.9 Å². The van der Waals surface area contributed by atoms with Crippen LogP contribution >= 0.6 is 0 Å². The average Bonchev–Trinajstić information content (AvgIpc) is 2.36. The highest BCUT2D eigenvalue weighted by Gasteiger charge is 2.23. The summed E-state index contributed by atoms with van der Waals surface area (Å²) in [5.74, 6) is 1.78. The Kier molecular flexibility index (Phi) is 4.88. The van der Waals surface area contributed by atoms with Crippen molar-refractivity contribution in [3.63, 3.8) is 0 Å². The van der Waals surface area contributed by atoms with Crippen LogP contribution in [0.3, 0.4) is 0 Å². The van der Waals surface area contributed by atoms with Gasteiger partial charge in [-0.1, -0.05) is 13.8 Å². The van der Waals surface area contributed by atoms with E-state index in [9.17, 15) is 4.79 Å². The number of hydrogen-bond donors (Lipinski definition) is 2. The van der Waals surface area contributed by atoms with Gasteiger partial charge >= 0.3 is 0 Å². The fraction of sp³-hybridized carbons (Fsp3) is 0.562. The van der Waals surface area contributed by atoms with Crippen molar-refractivity contribution < 1.29 is 9.53 Å². The molecule has 110 valence electrons. The summed E-state index contributed by atoms with van der Waals surface area (Å²) in [6, 6.07) is 8.24. The molecular weight excluding hydrogens is 252 g/mol. The molecule has 1 saturated carbocycles. The average molecular weight is 276 g/mol. The molecule has 20 heavy (non-hydrogen) atoms. The summed E-state index contributed by atoms with van der Waals surface area (Å²) < 4.78 is 5.24. The maximum Gasteiger partial charge on any atom is 0.255 e. The Balaban J connectivity index is 1.88. The Morgan fingerprint density at radius 2 is 1.80 bits per heavy atom. The van der Waals surface area contributed by atoms with Gasteiger partial charge in [0.15, 0.2) is 6.61 Å². The third kappa shape index (κ3) is 4.44. The molecule has 0 aliphatic heterocycles. The lowest BCUT2D eigenvalue weighted by Crippen LogP contribution is -2.30. The zero-order valence-corrected chi connectivity index (χ0v) is 12.3. The highest BCUT2D eigenvalue weighted by molar-refractivity contribution is 5.75. The molecule has 2 unspecified atom stereocenters. The SMILES string of the molecule is CC1CC(C)CC(Nc2ccc(OCC(N)=O)cc2)C1. The van der Waals surface area contributed by atoms with Crippen LogP contribution in [0, 0.1) is 11.8 Å². The maximum absolute atomic E-state index is 10.6. The number of hydrogen-bond acceptors (Lipinski definition) is 3. The molecule has 4 nitrogen and oxygen atoms in total. The molecule has 2 atom stereocenters. The first-order valence-electron chi connectivity index (χ1n) is 7.30. The van der Waals surface area contributed by atoms with Crippen LogP contribution in [0.15, 0.2) is 24.3 Å². The normalized spacial score (nSPS) is 26.0. The van der Waals surface area contributed by atoms with Crippen LogP contribution in [0.2, 0.25) is 0 Å². The molecule has 0 heterocycles. The number of nitrogens with two attached hydrogens (primary N) is 1. The highest BCUT2D eigenvalue weighted by Crippen LogP contribution is 2.30. The van der Waals surface area contributed by atoms with Crippen LogP contribution in [0.1, 0.15) is 33.1 Å². The van der Waals surface area contributed by atoms with Crippen LogP contribution in [-0.4, -0.2) is 18.6 Å². The molecule has 3 N–H and O–H groups in total. The number of amides is 1. The topological polar surface area (TPSA) is 64.3 Å². The first-order chi connectivity index (χ1) is 9.52. The second-order valence-corrected chi connectivity index (χ2v) is 6.04. The lowest BCUT2D eigenvalue weighted by Gasteiger charge is -2.32. The quantitative estimate of drug-likeness (QED) is 0.869. The fourth-order valence-corrected chi connectivity index (χ4v) is 3.10. The van der Waals surface area contributed by atoms with E-state index in [0.717, 1.165) is 17.5 Å². The monoisotopic (exact) mass is 276 g/mol. The molecule has 1 aromatic carbocycles. The van der Waals surface area contributed by atoms with Gasteiger partial charge < -0.3 is 15.8 Å². The molecule has 2 rings (SSSR count). The van der Waals surface area contributed by atoms with Gasteiger partial charge in [0.2, 0.25) is 0 Å². The van der Waals surface area contributed by atoms with E-state index in [0.29, 0.717) is 11.8 Å². The molecule has 1 aromatic rings.